The molecule has 0 aliphatic carbocycles. The van der Waals surface area contributed by atoms with Crippen LogP contribution < -0.4 is 5.32 Å². The van der Waals surface area contributed by atoms with Gasteiger partial charge in [-0.25, -0.2) is 9.07 Å². The zero-order valence-electron chi connectivity index (χ0n) is 12.5. The Morgan fingerprint density at radius 3 is 2.87 bits per heavy atom. The van der Waals surface area contributed by atoms with Crippen LogP contribution in [0.2, 0.25) is 0 Å². The van der Waals surface area contributed by atoms with Crippen LogP contribution in [0.1, 0.15) is 23.3 Å². The van der Waals surface area contributed by atoms with Gasteiger partial charge in [-0.15, -0.1) is 0 Å². The fourth-order valence-corrected chi connectivity index (χ4v) is 2.60. The Labute approximate surface area is 132 Å². The summed E-state index contributed by atoms with van der Waals surface area (Å²) >= 11 is 0. The molecule has 23 heavy (non-hydrogen) atoms. The van der Waals surface area contributed by atoms with Crippen LogP contribution in [0.25, 0.3) is 5.69 Å². The second-order valence-electron chi connectivity index (χ2n) is 5.63. The smallest absolute Gasteiger partial charge is 0.272 e. The topological polar surface area (TPSA) is 76.4 Å². The van der Waals surface area contributed by atoms with E-state index in [9.17, 15) is 14.3 Å². The van der Waals surface area contributed by atoms with E-state index in [-0.39, 0.29) is 24.0 Å². The second-order valence-corrected chi connectivity index (χ2v) is 5.63. The maximum absolute atomic E-state index is 13.3. The molecule has 1 fully saturated rings. The lowest BCUT2D eigenvalue weighted by molar-refractivity contribution is 0.0124. The van der Waals surface area contributed by atoms with Crippen LogP contribution in [-0.2, 0) is 4.74 Å². The summed E-state index contributed by atoms with van der Waals surface area (Å²) in [5.41, 5.74) is 0.0818. The summed E-state index contributed by atoms with van der Waals surface area (Å²) in [6.07, 6.45) is 2.71. The van der Waals surface area contributed by atoms with Gasteiger partial charge in [0.25, 0.3) is 5.91 Å². The van der Waals surface area contributed by atoms with Gasteiger partial charge >= 0.3 is 0 Å². The number of benzene rings is 1. The van der Waals surface area contributed by atoms with Gasteiger partial charge in [0.15, 0.2) is 5.69 Å². The third-order valence-electron chi connectivity index (χ3n) is 4.03. The summed E-state index contributed by atoms with van der Waals surface area (Å²) in [6, 6.07) is 7.52. The summed E-state index contributed by atoms with van der Waals surface area (Å²) in [4.78, 5) is 12.4. The van der Waals surface area contributed by atoms with E-state index in [1.54, 1.807) is 24.4 Å². The minimum Gasteiger partial charge on any atom is -0.394 e. The maximum Gasteiger partial charge on any atom is 0.272 e. The monoisotopic (exact) mass is 319 g/mol. The molecule has 0 spiro atoms. The number of rotatable bonds is 4. The standard InChI is InChI=1S/C16H18FN3O3/c17-12-2-1-3-13(10-12)20-7-4-14(19-20)15(22)18-16(11-21)5-8-23-9-6-16/h1-4,7,10,21H,5-6,8-9,11H2,(H,18,22). The Kier molecular flexibility index (Phi) is 4.40. The zero-order valence-corrected chi connectivity index (χ0v) is 12.5. The lowest BCUT2D eigenvalue weighted by Crippen LogP contribution is -2.54. The van der Waals surface area contributed by atoms with Gasteiger partial charge in [0, 0.05) is 19.4 Å². The molecule has 2 heterocycles. The first-order chi connectivity index (χ1) is 11.1. The van der Waals surface area contributed by atoms with Gasteiger partial charge in [0.1, 0.15) is 5.82 Å². The number of aliphatic hydroxyl groups excluding tert-OH is 1. The van der Waals surface area contributed by atoms with Crippen LogP contribution in [0.5, 0.6) is 0 Å². The van der Waals surface area contributed by atoms with Crippen molar-refractivity contribution in [1.82, 2.24) is 15.1 Å². The number of hydrogen-bond donors (Lipinski definition) is 2. The number of hydrogen-bond acceptors (Lipinski definition) is 4. The van der Waals surface area contributed by atoms with Crippen molar-refractivity contribution in [3.63, 3.8) is 0 Å². The first-order valence-corrected chi connectivity index (χ1v) is 7.45. The molecule has 1 aromatic heterocycles. The number of nitrogens with zero attached hydrogens (tertiary/aromatic N) is 2. The molecular weight excluding hydrogens is 301 g/mol. The highest BCUT2D eigenvalue weighted by atomic mass is 19.1. The average Bonchev–Trinajstić information content (AvgIpc) is 3.06. The molecule has 122 valence electrons. The fraction of sp³-hybridized carbons (Fsp3) is 0.375. The second kappa shape index (κ2) is 6.47. The molecular formula is C16H18FN3O3. The van der Waals surface area contributed by atoms with Gasteiger partial charge in [-0.1, -0.05) is 6.07 Å². The Morgan fingerprint density at radius 1 is 1.39 bits per heavy atom. The lowest BCUT2D eigenvalue weighted by atomic mass is 9.91. The molecule has 3 rings (SSSR count). The molecule has 1 amide bonds. The summed E-state index contributed by atoms with van der Waals surface area (Å²) in [5, 5.41) is 16.6. The number of ether oxygens (including phenoxy) is 1. The van der Waals surface area contributed by atoms with Crippen molar-refractivity contribution in [3.05, 3.63) is 48.0 Å². The minimum absolute atomic E-state index is 0.146. The summed E-state index contributed by atoms with van der Waals surface area (Å²) in [6.45, 7) is 0.851. The van der Waals surface area contributed by atoms with E-state index >= 15 is 0 Å². The van der Waals surface area contributed by atoms with Crippen LogP contribution in [0.4, 0.5) is 4.39 Å². The number of halogens is 1. The predicted octanol–water partition coefficient (Wildman–Crippen LogP) is 1.28. The Bertz CT molecular complexity index is 695. The summed E-state index contributed by atoms with van der Waals surface area (Å²) in [5.74, 6) is -0.735. The number of carbonyl (C=O) groups is 1. The quantitative estimate of drug-likeness (QED) is 0.890. The highest BCUT2D eigenvalue weighted by molar-refractivity contribution is 5.92. The van der Waals surface area contributed by atoms with Gasteiger partial charge in [-0.3, -0.25) is 4.79 Å². The minimum atomic E-state index is -0.669. The van der Waals surface area contributed by atoms with Gasteiger partial charge in [0.05, 0.1) is 17.8 Å². The lowest BCUT2D eigenvalue weighted by Gasteiger charge is -2.36. The number of aromatic nitrogens is 2. The number of amides is 1. The van der Waals surface area contributed by atoms with Crippen LogP contribution in [0, 0.1) is 5.82 Å². The molecule has 0 atom stereocenters. The Morgan fingerprint density at radius 2 is 2.17 bits per heavy atom. The van der Waals surface area contributed by atoms with E-state index in [4.69, 9.17) is 4.74 Å². The molecule has 1 saturated heterocycles. The van der Waals surface area contributed by atoms with Gasteiger partial charge in [0.2, 0.25) is 0 Å². The normalized spacial score (nSPS) is 17.0. The highest BCUT2D eigenvalue weighted by Crippen LogP contribution is 2.20. The van der Waals surface area contributed by atoms with Crippen LogP contribution in [0.15, 0.2) is 36.5 Å². The molecule has 0 bridgehead atoms. The molecule has 0 unspecified atom stereocenters. The molecule has 2 N–H and O–H groups in total. The van der Waals surface area contributed by atoms with E-state index < -0.39 is 5.54 Å². The number of carbonyl (C=O) groups excluding carboxylic acids is 1. The molecule has 0 radical (unpaired) electrons. The van der Waals surface area contributed by atoms with Crippen molar-refractivity contribution in [2.75, 3.05) is 19.8 Å². The van der Waals surface area contributed by atoms with Crippen LogP contribution in [0.3, 0.4) is 0 Å². The Hall–Kier alpha value is -2.25. The molecule has 6 nitrogen and oxygen atoms in total. The highest BCUT2D eigenvalue weighted by Gasteiger charge is 2.34. The largest absolute Gasteiger partial charge is 0.394 e. The van der Waals surface area contributed by atoms with Gasteiger partial charge in [-0.2, -0.15) is 5.10 Å². The van der Waals surface area contributed by atoms with Crippen LogP contribution >= 0.6 is 0 Å². The van der Waals surface area contributed by atoms with Crippen LogP contribution in [-0.4, -0.2) is 46.2 Å². The third-order valence-corrected chi connectivity index (χ3v) is 4.03. The SMILES string of the molecule is O=C(NC1(CO)CCOCC1)c1ccn(-c2cccc(F)c2)n1. The predicted molar refractivity (Wildman–Crippen MR) is 80.9 cm³/mol. The molecule has 1 aliphatic rings. The van der Waals surface area contributed by atoms with Gasteiger partial charge in [-0.05, 0) is 37.1 Å². The van der Waals surface area contributed by atoms with Crippen molar-refractivity contribution in [3.8, 4) is 5.69 Å². The molecule has 1 aliphatic heterocycles. The number of aliphatic hydroxyl groups is 1. The summed E-state index contributed by atoms with van der Waals surface area (Å²) < 4.78 is 20.0. The van der Waals surface area contributed by atoms with E-state index in [0.29, 0.717) is 31.7 Å². The maximum atomic E-state index is 13.3. The fourth-order valence-electron chi connectivity index (χ4n) is 2.60. The van der Waals surface area contributed by atoms with Crippen molar-refractivity contribution >= 4 is 5.91 Å². The first-order valence-electron chi connectivity index (χ1n) is 7.45. The number of nitrogens with one attached hydrogen (secondary N) is 1. The van der Waals surface area contributed by atoms with Gasteiger partial charge < -0.3 is 15.2 Å². The first kappa shape index (κ1) is 15.6. The van der Waals surface area contributed by atoms with E-state index in [0.717, 1.165) is 0 Å². The molecule has 1 aromatic carbocycles. The van der Waals surface area contributed by atoms with E-state index in [1.807, 2.05) is 0 Å². The Balaban J connectivity index is 1.76. The van der Waals surface area contributed by atoms with E-state index in [2.05, 4.69) is 10.4 Å². The molecule has 0 saturated carbocycles. The molecule has 2 aromatic rings. The van der Waals surface area contributed by atoms with Crippen molar-refractivity contribution in [2.45, 2.75) is 18.4 Å². The molecule has 7 heteroatoms. The zero-order chi connectivity index (χ0) is 16.3. The van der Waals surface area contributed by atoms with Crippen molar-refractivity contribution < 1.29 is 19.0 Å². The summed E-state index contributed by atoms with van der Waals surface area (Å²) in [7, 11) is 0. The van der Waals surface area contributed by atoms with E-state index in [1.165, 1.54) is 16.8 Å². The van der Waals surface area contributed by atoms with Crippen molar-refractivity contribution in [1.29, 1.82) is 0 Å². The average molecular weight is 319 g/mol. The van der Waals surface area contributed by atoms with Crippen molar-refractivity contribution in [2.24, 2.45) is 0 Å². The third kappa shape index (κ3) is 3.40.